The van der Waals surface area contributed by atoms with Crippen molar-refractivity contribution >= 4 is 28.7 Å². The van der Waals surface area contributed by atoms with E-state index in [-0.39, 0.29) is 34.9 Å². The number of carbonyl (C=O) groups excluding carboxylic acids is 2. The molecule has 0 rings (SSSR count). The molecule has 0 fully saturated rings. The van der Waals surface area contributed by atoms with Crippen LogP contribution in [0.1, 0.15) is 166 Å². The molecule has 0 radical (unpaired) electrons. The SMILES string of the molecule is CC(C)=C(C(=O)Cl)C(C)C.CC(C)=C(C(=O)N(C(=C(C)C)C(C)C)C(C)C)C(C)C.CC(C)=C(C(=O)O)C(C)C.CC(C)=C(NC(C)C)C(C)C. The van der Waals surface area contributed by atoms with Crippen molar-refractivity contribution in [3.63, 3.8) is 0 Å². The van der Waals surface area contributed by atoms with Crippen LogP contribution in [-0.2, 0) is 14.4 Å². The maximum Gasteiger partial charge on any atom is 0.331 e. The summed E-state index contributed by atoms with van der Waals surface area (Å²) in [7, 11) is 0. The lowest BCUT2D eigenvalue weighted by atomic mass is 9.94. The zero-order chi connectivity index (χ0) is 41.8. The molecule has 0 unspecified atom stereocenters. The minimum Gasteiger partial charge on any atom is -0.478 e. The van der Waals surface area contributed by atoms with Crippen molar-refractivity contribution in [3.8, 4) is 0 Å². The Morgan fingerprint density at radius 1 is 0.490 bits per heavy atom. The van der Waals surface area contributed by atoms with Crippen LogP contribution >= 0.6 is 11.6 Å². The van der Waals surface area contributed by atoms with Gasteiger partial charge in [-0.1, -0.05) is 97.1 Å². The van der Waals surface area contributed by atoms with E-state index in [1.54, 1.807) is 0 Å². The summed E-state index contributed by atoms with van der Waals surface area (Å²) in [4.78, 5) is 36.3. The highest BCUT2D eigenvalue weighted by Gasteiger charge is 2.28. The second-order valence-electron chi connectivity index (χ2n) is 16.5. The van der Waals surface area contributed by atoms with E-state index in [1.165, 1.54) is 16.8 Å². The van der Waals surface area contributed by atoms with E-state index in [9.17, 15) is 14.4 Å². The first kappa shape index (κ1) is 55.2. The molecule has 2 N–H and O–H groups in total. The van der Waals surface area contributed by atoms with Crippen LogP contribution in [0, 0.1) is 29.6 Å². The Morgan fingerprint density at radius 3 is 0.941 bits per heavy atom. The second kappa shape index (κ2) is 27.1. The lowest BCUT2D eigenvalue weighted by Crippen LogP contribution is -2.40. The fourth-order valence-electron chi connectivity index (χ4n) is 6.12. The van der Waals surface area contributed by atoms with Crippen molar-refractivity contribution in [2.24, 2.45) is 29.6 Å². The van der Waals surface area contributed by atoms with Crippen LogP contribution in [-0.4, -0.2) is 39.2 Å². The van der Waals surface area contributed by atoms with Crippen molar-refractivity contribution in [1.29, 1.82) is 0 Å². The number of allylic oxidation sites excluding steroid dienone is 8. The molecule has 0 bridgehead atoms. The zero-order valence-electron chi connectivity index (χ0n) is 37.5. The average Bonchev–Trinajstić information content (AvgIpc) is 2.88. The van der Waals surface area contributed by atoms with E-state index in [1.807, 2.05) is 74.1 Å². The summed E-state index contributed by atoms with van der Waals surface area (Å²) in [5, 5.41) is 11.8. The molecule has 0 aromatic rings. The van der Waals surface area contributed by atoms with Crippen LogP contribution in [0.2, 0.25) is 0 Å². The van der Waals surface area contributed by atoms with Gasteiger partial charge in [0.25, 0.3) is 5.91 Å². The Kier molecular flexibility index (Phi) is 29.3. The number of aliphatic carboxylic acids is 1. The number of hydrogen-bond donors (Lipinski definition) is 2. The summed E-state index contributed by atoms with van der Waals surface area (Å²) >= 11 is 5.34. The number of nitrogens with one attached hydrogen (secondary N) is 1. The van der Waals surface area contributed by atoms with Gasteiger partial charge in [-0.15, -0.1) is 0 Å². The third-order valence-electron chi connectivity index (χ3n) is 7.63. The van der Waals surface area contributed by atoms with Crippen molar-refractivity contribution < 1.29 is 19.5 Å². The first-order valence-corrected chi connectivity index (χ1v) is 19.2. The van der Waals surface area contributed by atoms with Crippen molar-refractivity contribution in [3.05, 3.63) is 56.0 Å². The molecule has 298 valence electrons. The van der Waals surface area contributed by atoms with Crippen molar-refractivity contribution in [2.45, 2.75) is 178 Å². The predicted octanol–water partition coefficient (Wildman–Crippen LogP) is 12.9. The summed E-state index contributed by atoms with van der Waals surface area (Å²) in [5.41, 5.74) is 10.4. The molecule has 1 amide bonds. The fraction of sp³-hybridized carbons (Fsp3) is 0.705. The molecule has 0 atom stereocenters. The number of halogens is 1. The minimum absolute atomic E-state index is 0.113. The standard InChI is InChI=1S/C18H33NO.C10H21N.C8H13ClO.C8H14O2/c1-11(2)16(12(3)4)18(20)19(15(9)10)17(13(5)6)14(7)8;1-7(2)10(8(3)4)11-9(5)6;2*1-5(2)7(6(3)4)8(9)10/h11,13,15H,1-10H3;7,9,11H,1-6H3;5H,1-4H3;5H,1-4H3,(H,9,10). The zero-order valence-corrected chi connectivity index (χ0v) is 38.3. The Morgan fingerprint density at radius 2 is 0.843 bits per heavy atom. The molecule has 0 saturated heterocycles. The van der Waals surface area contributed by atoms with Gasteiger partial charge < -0.3 is 15.3 Å². The number of carbonyl (C=O) groups is 3. The molecule has 0 heterocycles. The molecule has 51 heavy (non-hydrogen) atoms. The third kappa shape index (κ3) is 22.8. The first-order chi connectivity index (χ1) is 22.9. The molecule has 0 spiro atoms. The van der Waals surface area contributed by atoms with Crippen LogP contribution in [0.4, 0.5) is 0 Å². The minimum atomic E-state index is -0.796. The first-order valence-electron chi connectivity index (χ1n) is 18.8. The van der Waals surface area contributed by atoms with Crippen LogP contribution in [0.5, 0.6) is 0 Å². The van der Waals surface area contributed by atoms with Gasteiger partial charge in [0.15, 0.2) is 0 Å². The quantitative estimate of drug-likeness (QED) is 0.154. The fourth-order valence-corrected chi connectivity index (χ4v) is 6.53. The normalized spacial score (nSPS) is 10.4. The molecule has 0 aromatic heterocycles. The highest BCUT2D eigenvalue weighted by atomic mass is 35.5. The van der Waals surface area contributed by atoms with Gasteiger partial charge in [0, 0.05) is 40.2 Å². The van der Waals surface area contributed by atoms with Gasteiger partial charge in [-0.25, -0.2) is 4.79 Å². The highest BCUT2D eigenvalue weighted by Crippen LogP contribution is 2.27. The van der Waals surface area contributed by atoms with Crippen LogP contribution in [0.3, 0.4) is 0 Å². The second-order valence-corrected chi connectivity index (χ2v) is 16.8. The molecular weight excluding hydrogens is 656 g/mol. The molecule has 0 aliphatic heterocycles. The highest BCUT2D eigenvalue weighted by molar-refractivity contribution is 6.67. The maximum atomic E-state index is 13.1. The number of carboxylic acid groups (broad SMARTS) is 1. The number of nitrogens with zero attached hydrogens (tertiary/aromatic N) is 1. The lowest BCUT2D eigenvalue weighted by molar-refractivity contribution is -0.133. The maximum absolute atomic E-state index is 13.1. The van der Waals surface area contributed by atoms with Gasteiger partial charge in [0.1, 0.15) is 0 Å². The van der Waals surface area contributed by atoms with Gasteiger partial charge in [0.2, 0.25) is 5.24 Å². The summed E-state index contributed by atoms with van der Waals surface area (Å²) in [6.07, 6.45) is 0. The molecule has 6 nitrogen and oxygen atoms in total. The van der Waals surface area contributed by atoms with Crippen molar-refractivity contribution in [1.82, 2.24) is 10.2 Å². The van der Waals surface area contributed by atoms with Gasteiger partial charge >= 0.3 is 5.97 Å². The number of rotatable bonds is 12. The molecular formula is C44H81ClN2O4. The Hall–Kier alpha value is -2.60. The van der Waals surface area contributed by atoms with Gasteiger partial charge in [-0.3, -0.25) is 9.59 Å². The Labute approximate surface area is 321 Å². The summed E-state index contributed by atoms with van der Waals surface area (Å²) in [5.74, 6) is 0.922. The monoisotopic (exact) mass is 737 g/mol. The molecule has 0 saturated carbocycles. The van der Waals surface area contributed by atoms with Gasteiger partial charge in [0.05, 0.1) is 0 Å². The van der Waals surface area contributed by atoms with Crippen LogP contribution in [0.15, 0.2) is 56.0 Å². The Bertz CT molecular complexity index is 1210. The number of carboxylic acids is 1. The third-order valence-corrected chi connectivity index (χ3v) is 7.84. The van der Waals surface area contributed by atoms with E-state index in [4.69, 9.17) is 16.7 Å². The van der Waals surface area contributed by atoms with E-state index in [0.717, 1.165) is 33.6 Å². The smallest absolute Gasteiger partial charge is 0.331 e. The number of amides is 1. The van der Waals surface area contributed by atoms with E-state index >= 15 is 0 Å². The van der Waals surface area contributed by atoms with Crippen LogP contribution in [0.25, 0.3) is 0 Å². The Balaban J connectivity index is -0.000000306. The topological polar surface area (TPSA) is 86.7 Å². The van der Waals surface area contributed by atoms with E-state index in [0.29, 0.717) is 23.5 Å². The molecule has 0 aromatic carbocycles. The molecule has 0 aliphatic carbocycles. The largest absolute Gasteiger partial charge is 0.478 e. The molecule has 7 heteroatoms. The van der Waals surface area contributed by atoms with Gasteiger partial charge in [-0.2, -0.15) is 0 Å². The summed E-state index contributed by atoms with van der Waals surface area (Å²) in [6, 6.07) is 0.713. The van der Waals surface area contributed by atoms with E-state index in [2.05, 4.69) is 102 Å². The summed E-state index contributed by atoms with van der Waals surface area (Å²) < 4.78 is 0. The van der Waals surface area contributed by atoms with Gasteiger partial charge in [-0.05, 0) is 138 Å². The lowest BCUT2D eigenvalue weighted by Gasteiger charge is -2.34. The summed E-state index contributed by atoms with van der Waals surface area (Å²) in [6.45, 7) is 49.2. The number of hydrogen-bond acceptors (Lipinski definition) is 4. The predicted molar refractivity (Wildman–Crippen MR) is 225 cm³/mol. The van der Waals surface area contributed by atoms with Crippen LogP contribution < -0.4 is 5.32 Å². The molecule has 0 aliphatic rings. The van der Waals surface area contributed by atoms with Crippen molar-refractivity contribution in [2.75, 3.05) is 0 Å². The average molecular weight is 738 g/mol. The van der Waals surface area contributed by atoms with E-state index < -0.39 is 5.97 Å².